The number of carbonyl (C=O) groups is 1. The van der Waals surface area contributed by atoms with Gasteiger partial charge in [0.05, 0.1) is 5.69 Å². The van der Waals surface area contributed by atoms with Crippen LogP contribution in [0.25, 0.3) is 5.69 Å². The molecule has 0 aliphatic carbocycles. The van der Waals surface area contributed by atoms with Gasteiger partial charge in [0, 0.05) is 0 Å². The van der Waals surface area contributed by atoms with E-state index in [4.69, 9.17) is 0 Å². The number of hydrogen-bond acceptors (Lipinski definition) is 2. The van der Waals surface area contributed by atoms with E-state index in [1.807, 2.05) is 0 Å². The van der Waals surface area contributed by atoms with E-state index in [0.29, 0.717) is 4.68 Å². The quantitative estimate of drug-likeness (QED) is 0.756. The highest BCUT2D eigenvalue weighted by Gasteiger charge is 2.36. The molecule has 6 heteroatoms. The van der Waals surface area contributed by atoms with Crippen LogP contribution in [0.5, 0.6) is 0 Å². The minimum Gasteiger partial charge on any atom is -0.296 e. The number of halogens is 3. The molecule has 17 heavy (non-hydrogen) atoms. The monoisotopic (exact) mass is 240 g/mol. The molecule has 0 saturated heterocycles. The van der Waals surface area contributed by atoms with Gasteiger partial charge in [-0.05, 0) is 18.2 Å². The summed E-state index contributed by atoms with van der Waals surface area (Å²) in [5.41, 5.74) is -0.958. The van der Waals surface area contributed by atoms with Gasteiger partial charge in [-0.2, -0.15) is 18.3 Å². The van der Waals surface area contributed by atoms with Crippen LogP contribution in [0.3, 0.4) is 0 Å². The Hall–Kier alpha value is -2.11. The van der Waals surface area contributed by atoms with E-state index in [-0.39, 0.29) is 17.7 Å². The van der Waals surface area contributed by atoms with Gasteiger partial charge >= 0.3 is 6.18 Å². The molecule has 1 aromatic heterocycles. The molecule has 0 aliphatic heterocycles. The number of aromatic nitrogens is 2. The molecule has 0 aliphatic rings. The van der Waals surface area contributed by atoms with Crippen molar-refractivity contribution in [2.24, 2.45) is 0 Å². The summed E-state index contributed by atoms with van der Waals surface area (Å²) in [6.45, 7) is 0. The van der Waals surface area contributed by atoms with Gasteiger partial charge in [0.2, 0.25) is 0 Å². The molecule has 0 amide bonds. The van der Waals surface area contributed by atoms with E-state index in [1.54, 1.807) is 18.2 Å². The van der Waals surface area contributed by atoms with Crippen LogP contribution in [0.2, 0.25) is 0 Å². The van der Waals surface area contributed by atoms with E-state index in [0.717, 1.165) is 6.07 Å². The average molecular weight is 240 g/mol. The van der Waals surface area contributed by atoms with Crippen molar-refractivity contribution in [2.75, 3.05) is 0 Å². The Bertz CT molecular complexity index is 531. The molecule has 0 unspecified atom stereocenters. The van der Waals surface area contributed by atoms with Crippen molar-refractivity contribution in [3.05, 3.63) is 47.8 Å². The maximum absolute atomic E-state index is 12.7. The maximum atomic E-state index is 12.7. The molecule has 0 bridgehead atoms. The van der Waals surface area contributed by atoms with E-state index in [1.165, 1.54) is 12.1 Å². The third-order valence-corrected chi connectivity index (χ3v) is 2.14. The summed E-state index contributed by atoms with van der Waals surface area (Å²) in [7, 11) is 0. The zero-order valence-corrected chi connectivity index (χ0v) is 8.48. The standard InChI is InChI=1S/C11H7F3N2O/c12-11(13,14)10-6-8(7-17)15-16(10)9-4-2-1-3-5-9/h1-7H. The summed E-state index contributed by atoms with van der Waals surface area (Å²) < 4.78 is 38.8. The lowest BCUT2D eigenvalue weighted by Crippen LogP contribution is -2.13. The van der Waals surface area contributed by atoms with E-state index in [9.17, 15) is 18.0 Å². The number of aldehydes is 1. The van der Waals surface area contributed by atoms with Gasteiger partial charge in [-0.3, -0.25) is 4.79 Å². The zero-order valence-electron chi connectivity index (χ0n) is 8.48. The lowest BCUT2D eigenvalue weighted by atomic mass is 10.3. The second-order valence-corrected chi connectivity index (χ2v) is 3.32. The van der Waals surface area contributed by atoms with Gasteiger partial charge in [0.15, 0.2) is 6.29 Å². The molecule has 0 fully saturated rings. The lowest BCUT2D eigenvalue weighted by Gasteiger charge is -2.09. The first-order chi connectivity index (χ1) is 8.02. The first kappa shape index (κ1) is 11.4. The predicted molar refractivity (Wildman–Crippen MR) is 54.0 cm³/mol. The van der Waals surface area contributed by atoms with Crippen LogP contribution in [-0.2, 0) is 6.18 Å². The number of hydrogen-bond donors (Lipinski definition) is 0. The van der Waals surface area contributed by atoms with Crippen LogP contribution in [-0.4, -0.2) is 16.1 Å². The van der Waals surface area contributed by atoms with Gasteiger partial charge in [-0.15, -0.1) is 0 Å². The van der Waals surface area contributed by atoms with Crippen molar-refractivity contribution in [2.45, 2.75) is 6.18 Å². The number of rotatable bonds is 2. The van der Waals surface area contributed by atoms with Crippen LogP contribution in [0.4, 0.5) is 13.2 Å². The molecule has 2 aromatic rings. The highest BCUT2D eigenvalue weighted by molar-refractivity contribution is 5.72. The molecular formula is C11H7F3N2O. The SMILES string of the molecule is O=Cc1cc(C(F)(F)F)n(-c2ccccc2)n1. The normalized spacial score (nSPS) is 11.5. The van der Waals surface area contributed by atoms with Crippen LogP contribution >= 0.6 is 0 Å². The molecular weight excluding hydrogens is 233 g/mol. The molecule has 0 saturated carbocycles. The fraction of sp³-hybridized carbons (Fsp3) is 0.0909. The third-order valence-electron chi connectivity index (χ3n) is 2.14. The minimum atomic E-state index is -4.55. The first-order valence-corrected chi connectivity index (χ1v) is 4.70. The first-order valence-electron chi connectivity index (χ1n) is 4.70. The molecule has 0 spiro atoms. The molecule has 1 aromatic carbocycles. The van der Waals surface area contributed by atoms with E-state index in [2.05, 4.69) is 5.10 Å². The Balaban J connectivity index is 2.61. The van der Waals surface area contributed by atoms with Crippen molar-refractivity contribution in [3.63, 3.8) is 0 Å². The number of para-hydroxylation sites is 1. The van der Waals surface area contributed by atoms with Crippen LogP contribution < -0.4 is 0 Å². The number of benzene rings is 1. The van der Waals surface area contributed by atoms with Crippen molar-refractivity contribution < 1.29 is 18.0 Å². The second kappa shape index (κ2) is 4.04. The fourth-order valence-corrected chi connectivity index (χ4v) is 1.42. The van der Waals surface area contributed by atoms with Gasteiger partial charge in [-0.25, -0.2) is 4.68 Å². The molecule has 0 N–H and O–H groups in total. The van der Waals surface area contributed by atoms with Gasteiger partial charge in [-0.1, -0.05) is 18.2 Å². The fourth-order valence-electron chi connectivity index (χ4n) is 1.42. The van der Waals surface area contributed by atoms with Crippen LogP contribution in [0.1, 0.15) is 16.2 Å². The predicted octanol–water partition coefficient (Wildman–Crippen LogP) is 2.70. The summed E-state index contributed by atoms with van der Waals surface area (Å²) in [4.78, 5) is 10.5. The topological polar surface area (TPSA) is 34.9 Å². The van der Waals surface area contributed by atoms with Crippen molar-refractivity contribution >= 4 is 6.29 Å². The summed E-state index contributed by atoms with van der Waals surface area (Å²) in [5.74, 6) is 0. The van der Waals surface area contributed by atoms with E-state index < -0.39 is 11.9 Å². The zero-order chi connectivity index (χ0) is 12.5. The summed E-state index contributed by atoms with van der Waals surface area (Å²) in [6, 6.07) is 8.56. The van der Waals surface area contributed by atoms with Crippen molar-refractivity contribution in [3.8, 4) is 5.69 Å². The smallest absolute Gasteiger partial charge is 0.296 e. The van der Waals surface area contributed by atoms with Crippen molar-refractivity contribution in [1.82, 2.24) is 9.78 Å². The summed E-state index contributed by atoms with van der Waals surface area (Å²) in [6.07, 6.45) is -4.27. The summed E-state index contributed by atoms with van der Waals surface area (Å²) in [5, 5.41) is 3.59. The number of nitrogens with zero attached hydrogens (tertiary/aromatic N) is 2. The van der Waals surface area contributed by atoms with Gasteiger partial charge < -0.3 is 0 Å². The Labute approximate surface area is 94.5 Å². The number of alkyl halides is 3. The Morgan fingerprint density at radius 1 is 1.18 bits per heavy atom. The van der Waals surface area contributed by atoms with E-state index >= 15 is 0 Å². The molecule has 0 atom stereocenters. The van der Waals surface area contributed by atoms with Crippen LogP contribution in [0.15, 0.2) is 36.4 Å². The average Bonchev–Trinajstić information content (AvgIpc) is 2.74. The Morgan fingerprint density at radius 3 is 2.35 bits per heavy atom. The molecule has 2 rings (SSSR count). The molecule has 0 radical (unpaired) electrons. The van der Waals surface area contributed by atoms with Gasteiger partial charge in [0.1, 0.15) is 11.4 Å². The summed E-state index contributed by atoms with van der Waals surface area (Å²) >= 11 is 0. The Kier molecular flexibility index (Phi) is 2.71. The highest BCUT2D eigenvalue weighted by atomic mass is 19.4. The largest absolute Gasteiger partial charge is 0.433 e. The molecule has 88 valence electrons. The lowest BCUT2D eigenvalue weighted by molar-refractivity contribution is -0.142. The van der Waals surface area contributed by atoms with Gasteiger partial charge in [0.25, 0.3) is 0 Å². The second-order valence-electron chi connectivity index (χ2n) is 3.32. The number of carbonyl (C=O) groups excluding carboxylic acids is 1. The third kappa shape index (κ3) is 2.20. The Morgan fingerprint density at radius 2 is 1.82 bits per heavy atom. The molecule has 3 nitrogen and oxygen atoms in total. The van der Waals surface area contributed by atoms with Crippen LogP contribution in [0, 0.1) is 0 Å². The maximum Gasteiger partial charge on any atom is 0.433 e. The molecule has 1 heterocycles. The minimum absolute atomic E-state index is 0.249. The van der Waals surface area contributed by atoms with Crippen molar-refractivity contribution in [1.29, 1.82) is 0 Å². The highest BCUT2D eigenvalue weighted by Crippen LogP contribution is 2.31.